The van der Waals surface area contributed by atoms with E-state index in [-0.39, 0.29) is 5.91 Å². The van der Waals surface area contributed by atoms with Gasteiger partial charge in [-0.1, -0.05) is 53.8 Å². The molecule has 4 nitrogen and oxygen atoms in total. The molecule has 4 rings (SSSR count). The number of rotatable bonds is 4. The van der Waals surface area contributed by atoms with Crippen molar-refractivity contribution in [1.29, 1.82) is 0 Å². The second-order valence-electron chi connectivity index (χ2n) is 6.06. The van der Waals surface area contributed by atoms with Gasteiger partial charge in [0.15, 0.2) is 4.80 Å². The average Bonchev–Trinajstić information content (AvgIpc) is 3.04. The molecule has 27 heavy (non-hydrogen) atoms. The quantitative estimate of drug-likeness (QED) is 0.386. The van der Waals surface area contributed by atoms with Gasteiger partial charge in [0, 0.05) is 22.6 Å². The summed E-state index contributed by atoms with van der Waals surface area (Å²) in [5.74, 6) is -0.220. The van der Waals surface area contributed by atoms with Crippen molar-refractivity contribution in [2.45, 2.75) is 6.54 Å². The normalized spacial score (nSPS) is 12.1. The number of benzene rings is 3. The van der Waals surface area contributed by atoms with Crippen LogP contribution < -0.4 is 4.80 Å². The van der Waals surface area contributed by atoms with Gasteiger partial charge >= 0.3 is 0 Å². The Hall–Kier alpha value is -2.03. The molecule has 0 spiro atoms. The van der Waals surface area contributed by atoms with E-state index in [1.807, 2.05) is 36.4 Å². The van der Waals surface area contributed by atoms with Crippen LogP contribution in [0.3, 0.4) is 0 Å². The Balaban J connectivity index is 1.94. The monoisotopic (exact) mass is 488 g/mol. The van der Waals surface area contributed by atoms with Gasteiger partial charge in [0.2, 0.25) is 0 Å². The van der Waals surface area contributed by atoms with Crippen LogP contribution in [-0.2, 0) is 11.3 Å². The molecule has 0 aliphatic carbocycles. The maximum absolute atomic E-state index is 12.8. The topological polar surface area (TPSA) is 43.6 Å². The van der Waals surface area contributed by atoms with Crippen molar-refractivity contribution < 1.29 is 9.53 Å². The number of carbonyl (C=O) groups is 1. The highest BCUT2D eigenvalue weighted by Gasteiger charge is 2.12. The van der Waals surface area contributed by atoms with E-state index in [2.05, 4.69) is 56.4 Å². The molecule has 0 saturated carbocycles. The predicted octanol–water partition coefficient (Wildman–Crippen LogP) is 4.85. The molecule has 0 fully saturated rings. The number of halogens is 1. The van der Waals surface area contributed by atoms with Gasteiger partial charge in [-0.25, -0.2) is 0 Å². The number of hydrogen-bond acceptors (Lipinski definition) is 3. The second-order valence-corrected chi connectivity index (χ2v) is 8.20. The molecular formula is C21H17IN2O2S. The second kappa shape index (κ2) is 7.92. The largest absolute Gasteiger partial charge is 0.383 e. The minimum atomic E-state index is -0.220. The van der Waals surface area contributed by atoms with Crippen LogP contribution in [0.4, 0.5) is 0 Å². The molecule has 1 amide bonds. The summed E-state index contributed by atoms with van der Waals surface area (Å²) < 4.78 is 9.38. The fraction of sp³-hybridized carbons (Fsp3) is 0.143. The van der Waals surface area contributed by atoms with Crippen molar-refractivity contribution in [3.63, 3.8) is 0 Å². The number of amides is 1. The fourth-order valence-corrected chi connectivity index (χ4v) is 4.87. The Morgan fingerprint density at radius 3 is 2.70 bits per heavy atom. The van der Waals surface area contributed by atoms with Crippen LogP contribution >= 0.6 is 33.9 Å². The summed E-state index contributed by atoms with van der Waals surface area (Å²) in [6.07, 6.45) is 0. The molecule has 0 radical (unpaired) electrons. The van der Waals surface area contributed by atoms with E-state index >= 15 is 0 Å². The Labute approximate surface area is 174 Å². The Morgan fingerprint density at radius 2 is 1.89 bits per heavy atom. The highest BCUT2D eigenvalue weighted by atomic mass is 127. The van der Waals surface area contributed by atoms with Gasteiger partial charge < -0.3 is 9.30 Å². The van der Waals surface area contributed by atoms with E-state index in [1.165, 1.54) is 10.8 Å². The lowest BCUT2D eigenvalue weighted by Gasteiger charge is -2.05. The first-order valence-electron chi connectivity index (χ1n) is 8.52. The van der Waals surface area contributed by atoms with Crippen molar-refractivity contribution in [1.82, 2.24) is 4.57 Å². The van der Waals surface area contributed by atoms with Crippen molar-refractivity contribution in [2.24, 2.45) is 4.99 Å². The average molecular weight is 488 g/mol. The zero-order chi connectivity index (χ0) is 18.8. The van der Waals surface area contributed by atoms with E-state index in [4.69, 9.17) is 4.74 Å². The van der Waals surface area contributed by atoms with Gasteiger partial charge in [-0.05, 0) is 46.2 Å². The summed E-state index contributed by atoms with van der Waals surface area (Å²) in [6, 6.07) is 20.0. The Bertz CT molecular complexity index is 1210. The Kier molecular flexibility index (Phi) is 5.38. The maximum atomic E-state index is 12.8. The summed E-state index contributed by atoms with van der Waals surface area (Å²) >= 11 is 3.72. The van der Waals surface area contributed by atoms with Crippen molar-refractivity contribution in [3.8, 4) is 0 Å². The minimum absolute atomic E-state index is 0.220. The van der Waals surface area contributed by atoms with Gasteiger partial charge in [-0.3, -0.25) is 4.79 Å². The van der Waals surface area contributed by atoms with Crippen molar-refractivity contribution in [3.05, 3.63) is 74.6 Å². The molecule has 1 heterocycles. The zero-order valence-corrected chi connectivity index (χ0v) is 17.7. The number of hydrogen-bond donors (Lipinski definition) is 0. The lowest BCUT2D eigenvalue weighted by Crippen LogP contribution is -2.19. The molecule has 4 aromatic rings. The van der Waals surface area contributed by atoms with Crippen LogP contribution in [0.25, 0.3) is 21.0 Å². The van der Waals surface area contributed by atoms with Gasteiger partial charge in [0.25, 0.3) is 5.91 Å². The molecule has 0 atom stereocenters. The smallest absolute Gasteiger partial charge is 0.280 e. The van der Waals surface area contributed by atoms with Crippen LogP contribution in [0.1, 0.15) is 10.4 Å². The standard InChI is InChI=1S/C21H17IN2O2S/c1-26-13-12-24-18-11-10-14-6-2-3-7-15(14)19(18)27-21(24)23-20(25)16-8-4-5-9-17(16)22/h2-11H,12-13H2,1H3. The molecule has 136 valence electrons. The summed E-state index contributed by atoms with van der Waals surface area (Å²) in [5, 5.41) is 2.36. The van der Waals surface area contributed by atoms with Crippen LogP contribution in [0.15, 0.2) is 65.7 Å². The van der Waals surface area contributed by atoms with E-state index in [0.717, 1.165) is 13.8 Å². The highest BCUT2D eigenvalue weighted by Crippen LogP contribution is 2.27. The third kappa shape index (κ3) is 3.56. The highest BCUT2D eigenvalue weighted by molar-refractivity contribution is 14.1. The summed E-state index contributed by atoms with van der Waals surface area (Å²) in [5.41, 5.74) is 1.70. The SMILES string of the molecule is COCCn1c(=NC(=O)c2ccccc2I)sc2c3ccccc3ccc21. The van der Waals surface area contributed by atoms with Crippen LogP contribution in [-0.4, -0.2) is 24.2 Å². The summed E-state index contributed by atoms with van der Waals surface area (Å²) in [7, 11) is 1.68. The molecule has 3 aromatic carbocycles. The third-order valence-electron chi connectivity index (χ3n) is 4.39. The molecule has 0 aliphatic rings. The first-order chi connectivity index (χ1) is 13.2. The van der Waals surface area contributed by atoms with E-state index in [9.17, 15) is 4.79 Å². The van der Waals surface area contributed by atoms with Gasteiger partial charge in [-0.2, -0.15) is 4.99 Å². The fourth-order valence-electron chi connectivity index (χ4n) is 3.06. The molecule has 6 heteroatoms. The number of aromatic nitrogens is 1. The van der Waals surface area contributed by atoms with Crippen molar-refractivity contribution >= 4 is 60.8 Å². The number of nitrogens with zero attached hydrogens (tertiary/aromatic N) is 2. The van der Waals surface area contributed by atoms with Crippen molar-refractivity contribution in [2.75, 3.05) is 13.7 Å². The number of methoxy groups -OCH3 is 1. The molecular weight excluding hydrogens is 471 g/mol. The summed E-state index contributed by atoms with van der Waals surface area (Å²) in [6.45, 7) is 1.20. The Morgan fingerprint density at radius 1 is 1.11 bits per heavy atom. The summed E-state index contributed by atoms with van der Waals surface area (Å²) in [4.78, 5) is 18.0. The van der Waals surface area contributed by atoms with Crippen LogP contribution in [0.5, 0.6) is 0 Å². The lowest BCUT2D eigenvalue weighted by molar-refractivity contribution is 0.0996. The van der Waals surface area contributed by atoms with E-state index in [0.29, 0.717) is 23.5 Å². The van der Waals surface area contributed by atoms with E-state index in [1.54, 1.807) is 18.4 Å². The van der Waals surface area contributed by atoms with Crippen LogP contribution in [0.2, 0.25) is 0 Å². The van der Waals surface area contributed by atoms with E-state index < -0.39 is 0 Å². The molecule has 0 N–H and O–H groups in total. The molecule has 1 aromatic heterocycles. The third-order valence-corrected chi connectivity index (χ3v) is 6.46. The number of ether oxygens (including phenoxy) is 1. The maximum Gasteiger partial charge on any atom is 0.280 e. The number of carbonyl (C=O) groups excluding carboxylic acids is 1. The van der Waals surface area contributed by atoms with Gasteiger partial charge in [0.05, 0.1) is 22.4 Å². The molecule has 0 aliphatic heterocycles. The van der Waals surface area contributed by atoms with Gasteiger partial charge in [-0.15, -0.1) is 0 Å². The first-order valence-corrected chi connectivity index (χ1v) is 10.4. The first kappa shape index (κ1) is 18.3. The lowest BCUT2D eigenvalue weighted by atomic mass is 10.1. The van der Waals surface area contributed by atoms with Crippen LogP contribution in [0, 0.1) is 3.57 Å². The number of thiazole rings is 1. The predicted molar refractivity (Wildman–Crippen MR) is 118 cm³/mol. The molecule has 0 bridgehead atoms. The zero-order valence-electron chi connectivity index (χ0n) is 14.7. The van der Waals surface area contributed by atoms with Gasteiger partial charge in [0.1, 0.15) is 0 Å². The minimum Gasteiger partial charge on any atom is -0.383 e. The molecule has 0 unspecified atom stereocenters. The number of fused-ring (bicyclic) bond motifs is 3. The molecule has 0 saturated heterocycles.